The second-order valence-electron chi connectivity index (χ2n) is 5.17. The van der Waals surface area contributed by atoms with Crippen LogP contribution in [0.25, 0.3) is 0 Å². The van der Waals surface area contributed by atoms with E-state index in [2.05, 4.69) is 31.9 Å². The van der Waals surface area contributed by atoms with Gasteiger partial charge in [0.1, 0.15) is 0 Å². The van der Waals surface area contributed by atoms with Gasteiger partial charge in [-0.15, -0.1) is 0 Å². The second-order valence-corrected chi connectivity index (χ2v) is 6.80. The average Bonchev–Trinajstić information content (AvgIpc) is 3.01. The Morgan fingerprint density at radius 3 is 2.04 bits per heavy atom. The molecule has 2 amide bonds. The number of benzene rings is 1. The van der Waals surface area contributed by atoms with Crippen molar-refractivity contribution in [3.8, 4) is 0 Å². The van der Waals surface area contributed by atoms with Crippen molar-refractivity contribution >= 4 is 43.7 Å². The van der Waals surface area contributed by atoms with Crippen LogP contribution in [0, 0.1) is 0 Å². The summed E-state index contributed by atoms with van der Waals surface area (Å²) < 4.78 is 6.61. The summed E-state index contributed by atoms with van der Waals surface area (Å²) in [6.07, 6.45) is 0. The Morgan fingerprint density at radius 1 is 0.870 bits per heavy atom. The van der Waals surface area contributed by atoms with Crippen molar-refractivity contribution in [1.29, 1.82) is 0 Å². The number of carbonyl (C=O) groups is 2. The summed E-state index contributed by atoms with van der Waals surface area (Å²) in [6.45, 7) is 2.00. The van der Waals surface area contributed by atoms with E-state index in [0.29, 0.717) is 42.2 Å². The van der Waals surface area contributed by atoms with Crippen LogP contribution in [-0.2, 0) is 0 Å². The van der Waals surface area contributed by atoms with Crippen molar-refractivity contribution in [2.24, 2.45) is 0 Å². The Kier molecular flexibility index (Phi) is 4.87. The summed E-state index contributed by atoms with van der Waals surface area (Å²) in [7, 11) is 0. The molecule has 3 rings (SSSR count). The van der Waals surface area contributed by atoms with Gasteiger partial charge in [-0.3, -0.25) is 9.59 Å². The lowest BCUT2D eigenvalue weighted by Crippen LogP contribution is -2.50. The molecular formula is C16H14Br2N2O3. The van der Waals surface area contributed by atoms with Gasteiger partial charge in [0.15, 0.2) is 10.4 Å². The molecule has 1 fully saturated rings. The number of amides is 2. The molecule has 0 bridgehead atoms. The van der Waals surface area contributed by atoms with E-state index in [1.807, 2.05) is 18.2 Å². The van der Waals surface area contributed by atoms with Gasteiger partial charge in [0, 0.05) is 30.7 Å². The van der Waals surface area contributed by atoms with Crippen LogP contribution < -0.4 is 0 Å². The van der Waals surface area contributed by atoms with Crippen LogP contribution in [0.15, 0.2) is 50.0 Å². The number of rotatable bonds is 2. The molecule has 1 aliphatic heterocycles. The van der Waals surface area contributed by atoms with E-state index in [4.69, 9.17) is 4.42 Å². The Balaban J connectivity index is 1.63. The van der Waals surface area contributed by atoms with Gasteiger partial charge in [0.05, 0.1) is 5.56 Å². The van der Waals surface area contributed by atoms with Gasteiger partial charge in [0.2, 0.25) is 0 Å². The Morgan fingerprint density at radius 2 is 1.48 bits per heavy atom. The number of hydrogen-bond acceptors (Lipinski definition) is 3. The summed E-state index contributed by atoms with van der Waals surface area (Å²) in [5.74, 6) is 0.136. The Bertz CT molecular complexity index is 736. The highest BCUT2D eigenvalue weighted by Crippen LogP contribution is 2.20. The summed E-state index contributed by atoms with van der Waals surface area (Å²) in [5.41, 5.74) is 0.641. The van der Waals surface area contributed by atoms with E-state index in [9.17, 15) is 9.59 Å². The lowest BCUT2D eigenvalue weighted by molar-refractivity contribution is 0.0517. The number of hydrogen-bond donors (Lipinski definition) is 0. The van der Waals surface area contributed by atoms with Crippen molar-refractivity contribution in [2.75, 3.05) is 26.2 Å². The van der Waals surface area contributed by atoms with Crippen molar-refractivity contribution in [1.82, 2.24) is 9.80 Å². The van der Waals surface area contributed by atoms with Crippen LogP contribution in [0.2, 0.25) is 0 Å². The quantitative estimate of drug-likeness (QED) is 0.717. The fourth-order valence-electron chi connectivity index (χ4n) is 2.50. The molecule has 0 unspecified atom stereocenters. The third kappa shape index (κ3) is 3.50. The van der Waals surface area contributed by atoms with Crippen molar-refractivity contribution in [2.45, 2.75) is 0 Å². The maximum Gasteiger partial charge on any atom is 0.289 e. The maximum absolute atomic E-state index is 12.5. The molecule has 1 aromatic heterocycles. The average molecular weight is 442 g/mol. The van der Waals surface area contributed by atoms with Crippen LogP contribution in [-0.4, -0.2) is 47.8 Å². The third-order valence-electron chi connectivity index (χ3n) is 3.74. The van der Waals surface area contributed by atoms with E-state index in [-0.39, 0.29) is 11.8 Å². The van der Waals surface area contributed by atoms with Gasteiger partial charge in [-0.1, -0.05) is 12.1 Å². The molecule has 23 heavy (non-hydrogen) atoms. The normalized spacial score (nSPS) is 14.9. The highest BCUT2D eigenvalue weighted by molar-refractivity contribution is 9.10. The van der Waals surface area contributed by atoms with Crippen molar-refractivity contribution < 1.29 is 14.0 Å². The van der Waals surface area contributed by atoms with E-state index in [0.717, 1.165) is 4.47 Å². The topological polar surface area (TPSA) is 53.8 Å². The van der Waals surface area contributed by atoms with Crippen LogP contribution in [0.5, 0.6) is 0 Å². The molecule has 0 radical (unpaired) electrons. The first-order valence-electron chi connectivity index (χ1n) is 7.14. The van der Waals surface area contributed by atoms with E-state index >= 15 is 0 Å². The maximum atomic E-state index is 12.5. The highest BCUT2D eigenvalue weighted by atomic mass is 79.9. The monoisotopic (exact) mass is 440 g/mol. The number of nitrogens with zero attached hydrogens (tertiary/aromatic N) is 2. The minimum atomic E-state index is -0.149. The molecule has 1 aliphatic rings. The van der Waals surface area contributed by atoms with E-state index in [1.165, 1.54) is 0 Å². The third-order valence-corrected chi connectivity index (χ3v) is 4.86. The zero-order valence-corrected chi connectivity index (χ0v) is 15.3. The fourth-order valence-corrected chi connectivity index (χ4v) is 3.26. The summed E-state index contributed by atoms with van der Waals surface area (Å²) in [4.78, 5) is 28.3. The van der Waals surface area contributed by atoms with Crippen molar-refractivity contribution in [3.63, 3.8) is 0 Å². The zero-order chi connectivity index (χ0) is 16.4. The summed E-state index contributed by atoms with van der Waals surface area (Å²) in [5, 5.41) is 0. The molecule has 120 valence electrons. The van der Waals surface area contributed by atoms with E-state index in [1.54, 1.807) is 28.0 Å². The molecule has 0 aliphatic carbocycles. The van der Waals surface area contributed by atoms with Crippen LogP contribution in [0.3, 0.4) is 0 Å². The molecule has 0 atom stereocenters. The molecule has 2 heterocycles. The molecule has 1 aromatic carbocycles. The zero-order valence-electron chi connectivity index (χ0n) is 12.2. The fraction of sp³-hybridized carbons (Fsp3) is 0.250. The molecule has 7 heteroatoms. The molecule has 2 aromatic rings. The molecule has 5 nitrogen and oxygen atoms in total. The summed E-state index contributed by atoms with van der Waals surface area (Å²) in [6, 6.07) is 10.7. The minimum absolute atomic E-state index is 0.0229. The minimum Gasteiger partial charge on any atom is -0.444 e. The van der Waals surface area contributed by atoms with Crippen LogP contribution in [0.1, 0.15) is 20.9 Å². The van der Waals surface area contributed by atoms with Gasteiger partial charge in [0.25, 0.3) is 11.8 Å². The van der Waals surface area contributed by atoms with Gasteiger partial charge in [-0.2, -0.15) is 0 Å². The molecule has 0 saturated carbocycles. The molecular weight excluding hydrogens is 428 g/mol. The van der Waals surface area contributed by atoms with E-state index < -0.39 is 0 Å². The standard InChI is InChI=1S/C16H14Br2N2O3/c17-12-4-2-1-3-11(12)15(21)19-7-9-20(10-8-19)16(22)13-5-6-14(18)23-13/h1-6H,7-10H2. The smallest absolute Gasteiger partial charge is 0.289 e. The number of halogens is 2. The van der Waals surface area contributed by atoms with Gasteiger partial charge in [-0.25, -0.2) is 0 Å². The largest absolute Gasteiger partial charge is 0.444 e. The first kappa shape index (κ1) is 16.3. The molecule has 0 spiro atoms. The molecule has 1 saturated heterocycles. The first-order chi connectivity index (χ1) is 11.1. The number of furan rings is 1. The predicted octanol–water partition coefficient (Wildman–Crippen LogP) is 3.40. The number of piperazine rings is 1. The highest BCUT2D eigenvalue weighted by Gasteiger charge is 2.27. The number of carbonyl (C=O) groups excluding carboxylic acids is 2. The van der Waals surface area contributed by atoms with Gasteiger partial charge < -0.3 is 14.2 Å². The predicted molar refractivity (Wildman–Crippen MR) is 92.4 cm³/mol. The van der Waals surface area contributed by atoms with Crippen LogP contribution >= 0.6 is 31.9 Å². The molecule has 0 N–H and O–H groups in total. The van der Waals surface area contributed by atoms with Gasteiger partial charge in [-0.05, 0) is 56.1 Å². The lowest BCUT2D eigenvalue weighted by atomic mass is 10.2. The first-order valence-corrected chi connectivity index (χ1v) is 8.73. The van der Waals surface area contributed by atoms with Crippen molar-refractivity contribution in [3.05, 3.63) is 56.9 Å². The Labute approximate surface area is 150 Å². The summed E-state index contributed by atoms with van der Waals surface area (Å²) >= 11 is 6.59. The Hall–Kier alpha value is -1.60. The SMILES string of the molecule is O=C(c1ccc(Br)o1)N1CCN(C(=O)c2ccccc2Br)CC1. The van der Waals surface area contributed by atoms with Gasteiger partial charge >= 0.3 is 0 Å². The lowest BCUT2D eigenvalue weighted by Gasteiger charge is -2.34. The second kappa shape index (κ2) is 6.88. The van der Waals surface area contributed by atoms with Crippen LogP contribution in [0.4, 0.5) is 0 Å².